The second-order valence-electron chi connectivity index (χ2n) is 5.36. The molecule has 0 spiro atoms. The number of carbonyl (C=O) groups excluding carboxylic acids is 1. The van der Waals surface area contributed by atoms with E-state index < -0.39 is 0 Å². The minimum absolute atomic E-state index is 0.172. The van der Waals surface area contributed by atoms with Gasteiger partial charge in [0.05, 0.1) is 18.4 Å². The number of benzene rings is 1. The van der Waals surface area contributed by atoms with E-state index in [-0.39, 0.29) is 5.91 Å². The number of pyridine rings is 1. The van der Waals surface area contributed by atoms with Crippen molar-refractivity contribution < 1.29 is 13.9 Å². The van der Waals surface area contributed by atoms with Crippen molar-refractivity contribution in [3.8, 4) is 10.8 Å². The molecule has 0 saturated heterocycles. The molecule has 25 heavy (non-hydrogen) atoms. The van der Waals surface area contributed by atoms with Crippen LogP contribution in [0, 0.1) is 0 Å². The molecular weight excluding hydrogens is 336 g/mol. The highest BCUT2D eigenvalue weighted by molar-refractivity contribution is 7.13. The van der Waals surface area contributed by atoms with Crippen LogP contribution in [-0.2, 0) is 6.54 Å². The Hall–Kier alpha value is -3.12. The van der Waals surface area contributed by atoms with E-state index in [0.29, 0.717) is 17.8 Å². The van der Waals surface area contributed by atoms with Crippen LogP contribution in [0.15, 0.2) is 71.5 Å². The number of hydrogen-bond acceptors (Lipinski definition) is 5. The van der Waals surface area contributed by atoms with Gasteiger partial charge in [0, 0.05) is 16.5 Å². The zero-order chi connectivity index (χ0) is 17.1. The fourth-order valence-electron chi connectivity index (χ4n) is 2.37. The van der Waals surface area contributed by atoms with Crippen LogP contribution in [-0.4, -0.2) is 10.9 Å². The predicted octanol–water partition coefficient (Wildman–Crippen LogP) is 4.61. The van der Waals surface area contributed by atoms with Gasteiger partial charge in [0.15, 0.2) is 5.06 Å². The molecule has 4 aromatic rings. The van der Waals surface area contributed by atoms with Crippen LogP contribution >= 0.6 is 11.3 Å². The summed E-state index contributed by atoms with van der Waals surface area (Å²) in [6, 6.07) is 17.0. The molecule has 1 N–H and O–H groups in total. The maximum atomic E-state index is 12.3. The third-order valence-electron chi connectivity index (χ3n) is 3.59. The van der Waals surface area contributed by atoms with Gasteiger partial charge in [0.2, 0.25) is 5.71 Å². The molecule has 0 atom stereocenters. The van der Waals surface area contributed by atoms with E-state index in [2.05, 4.69) is 10.3 Å². The van der Waals surface area contributed by atoms with Crippen molar-refractivity contribution >= 4 is 28.3 Å². The molecule has 5 nitrogen and oxygen atoms in total. The fraction of sp³-hybridized carbons (Fsp3) is 0.0526. The molecule has 0 aliphatic rings. The average Bonchev–Trinajstić information content (AvgIpc) is 3.29. The summed E-state index contributed by atoms with van der Waals surface area (Å²) in [5.74, 6) is 0.619. The number of rotatable bonds is 5. The van der Waals surface area contributed by atoms with Crippen LogP contribution in [0.5, 0.6) is 10.8 Å². The first-order valence-corrected chi connectivity index (χ1v) is 8.53. The van der Waals surface area contributed by atoms with Gasteiger partial charge in [-0.2, -0.15) is 0 Å². The molecule has 0 bridgehead atoms. The van der Waals surface area contributed by atoms with E-state index in [0.717, 1.165) is 21.1 Å². The number of para-hydroxylation sites is 1. The molecule has 0 fully saturated rings. The summed E-state index contributed by atoms with van der Waals surface area (Å²) in [6.45, 7) is 0.436. The molecule has 0 aliphatic carbocycles. The van der Waals surface area contributed by atoms with Gasteiger partial charge < -0.3 is 14.5 Å². The summed E-state index contributed by atoms with van der Waals surface area (Å²) < 4.78 is 11.0. The van der Waals surface area contributed by atoms with Crippen molar-refractivity contribution in [3.63, 3.8) is 0 Å². The van der Waals surface area contributed by atoms with Crippen LogP contribution < -0.4 is 10.1 Å². The highest BCUT2D eigenvalue weighted by Gasteiger charge is 2.09. The van der Waals surface area contributed by atoms with Gasteiger partial charge in [-0.25, -0.2) is 4.98 Å². The number of carbonyl (C=O) groups is 1. The van der Waals surface area contributed by atoms with Crippen LogP contribution in [0.25, 0.3) is 11.1 Å². The lowest BCUT2D eigenvalue weighted by molar-refractivity contribution is 0.0951. The molecule has 1 aromatic carbocycles. The smallest absolute Gasteiger partial charge is 0.253 e. The molecule has 0 saturated carbocycles. The Labute approximate surface area is 147 Å². The van der Waals surface area contributed by atoms with Gasteiger partial charge in [0.1, 0.15) is 5.75 Å². The number of amides is 1. The summed E-state index contributed by atoms with van der Waals surface area (Å²) in [7, 11) is 0. The summed E-state index contributed by atoms with van der Waals surface area (Å²) in [4.78, 5) is 17.4. The molecule has 0 radical (unpaired) electrons. The Bertz CT molecular complexity index is 1010. The lowest BCUT2D eigenvalue weighted by Gasteiger charge is -2.03. The topological polar surface area (TPSA) is 64.4 Å². The fourth-order valence-corrected chi connectivity index (χ4v) is 3.18. The van der Waals surface area contributed by atoms with Crippen molar-refractivity contribution in [2.24, 2.45) is 0 Å². The highest BCUT2D eigenvalue weighted by atomic mass is 32.1. The number of furan rings is 1. The van der Waals surface area contributed by atoms with Gasteiger partial charge in [-0.15, -0.1) is 11.3 Å². The van der Waals surface area contributed by atoms with E-state index in [4.69, 9.17) is 9.15 Å². The SMILES string of the molecule is O=C(NCc1ccc(Oc2ccccc2)s1)c1cnc2occc2c1. The number of nitrogens with zero attached hydrogens (tertiary/aromatic N) is 1. The first-order chi connectivity index (χ1) is 12.3. The summed E-state index contributed by atoms with van der Waals surface area (Å²) in [5, 5.41) is 4.49. The van der Waals surface area contributed by atoms with E-state index in [9.17, 15) is 4.79 Å². The number of nitrogens with one attached hydrogen (secondary N) is 1. The van der Waals surface area contributed by atoms with Crippen LogP contribution in [0.3, 0.4) is 0 Å². The van der Waals surface area contributed by atoms with E-state index in [1.165, 1.54) is 17.5 Å². The second-order valence-corrected chi connectivity index (χ2v) is 6.49. The third-order valence-corrected chi connectivity index (χ3v) is 4.55. The van der Waals surface area contributed by atoms with Gasteiger partial charge in [-0.05, 0) is 36.4 Å². The third kappa shape index (κ3) is 3.54. The largest absolute Gasteiger partial charge is 0.447 e. The zero-order valence-electron chi connectivity index (χ0n) is 13.1. The molecule has 124 valence electrons. The van der Waals surface area contributed by atoms with Gasteiger partial charge in [0.25, 0.3) is 5.91 Å². The number of fused-ring (bicyclic) bond motifs is 1. The van der Waals surface area contributed by atoms with Gasteiger partial charge in [-0.3, -0.25) is 4.79 Å². The first kappa shape index (κ1) is 15.4. The van der Waals surface area contributed by atoms with Crippen molar-refractivity contribution in [2.75, 3.05) is 0 Å². The van der Waals surface area contributed by atoms with E-state index in [1.54, 1.807) is 18.4 Å². The lowest BCUT2D eigenvalue weighted by Crippen LogP contribution is -2.22. The molecule has 0 aliphatic heterocycles. The Morgan fingerprint density at radius 2 is 2.04 bits per heavy atom. The molecular formula is C19H14N2O3S. The molecule has 6 heteroatoms. The monoisotopic (exact) mass is 350 g/mol. The van der Waals surface area contributed by atoms with E-state index in [1.807, 2.05) is 42.5 Å². The first-order valence-electron chi connectivity index (χ1n) is 7.71. The number of thiophene rings is 1. The Morgan fingerprint density at radius 3 is 2.92 bits per heavy atom. The average molecular weight is 350 g/mol. The van der Waals surface area contributed by atoms with Crippen molar-refractivity contribution in [3.05, 3.63) is 77.5 Å². The maximum absolute atomic E-state index is 12.3. The number of aromatic nitrogens is 1. The van der Waals surface area contributed by atoms with Crippen molar-refractivity contribution in [1.82, 2.24) is 10.3 Å². The molecule has 4 rings (SSSR count). The number of ether oxygens (including phenoxy) is 1. The Morgan fingerprint density at radius 1 is 1.16 bits per heavy atom. The maximum Gasteiger partial charge on any atom is 0.253 e. The highest BCUT2D eigenvalue weighted by Crippen LogP contribution is 2.29. The standard InChI is InChI=1S/C19H14N2O3S/c22-18(14-10-13-8-9-23-19(13)21-11-14)20-12-16-6-7-17(25-16)24-15-4-2-1-3-5-15/h1-11H,12H2,(H,20,22). The van der Waals surface area contributed by atoms with Crippen LogP contribution in [0.2, 0.25) is 0 Å². The molecule has 3 aromatic heterocycles. The van der Waals surface area contributed by atoms with Crippen molar-refractivity contribution in [2.45, 2.75) is 6.54 Å². The van der Waals surface area contributed by atoms with E-state index >= 15 is 0 Å². The predicted molar refractivity (Wildman–Crippen MR) is 96.0 cm³/mol. The second kappa shape index (κ2) is 6.78. The summed E-state index contributed by atoms with van der Waals surface area (Å²) >= 11 is 1.50. The van der Waals surface area contributed by atoms with Gasteiger partial charge in [-0.1, -0.05) is 18.2 Å². The van der Waals surface area contributed by atoms with Crippen molar-refractivity contribution in [1.29, 1.82) is 0 Å². The van der Waals surface area contributed by atoms with Crippen LogP contribution in [0.4, 0.5) is 0 Å². The number of hydrogen-bond donors (Lipinski definition) is 1. The van der Waals surface area contributed by atoms with Gasteiger partial charge >= 0.3 is 0 Å². The molecule has 3 heterocycles. The normalized spacial score (nSPS) is 10.7. The lowest BCUT2D eigenvalue weighted by atomic mass is 10.2. The summed E-state index contributed by atoms with van der Waals surface area (Å²) in [6.07, 6.45) is 3.07. The minimum atomic E-state index is -0.172. The molecule has 1 amide bonds. The Balaban J connectivity index is 1.38. The Kier molecular flexibility index (Phi) is 4.18. The quantitative estimate of drug-likeness (QED) is 0.571. The zero-order valence-corrected chi connectivity index (χ0v) is 14.0. The minimum Gasteiger partial charge on any atom is -0.447 e. The molecule has 0 unspecified atom stereocenters. The van der Waals surface area contributed by atoms with Crippen LogP contribution in [0.1, 0.15) is 15.2 Å². The summed E-state index contributed by atoms with van der Waals surface area (Å²) in [5.41, 5.74) is 1.03.